The van der Waals surface area contributed by atoms with Gasteiger partial charge in [0.2, 0.25) is 0 Å². The van der Waals surface area contributed by atoms with E-state index in [4.69, 9.17) is 0 Å². The Labute approximate surface area is 241 Å². The zero-order chi connectivity index (χ0) is 26.9. The molecule has 8 unspecified atom stereocenters. The highest BCUT2D eigenvalue weighted by molar-refractivity contribution is 8.04. The van der Waals surface area contributed by atoms with Crippen LogP contribution < -0.4 is 0 Å². The molecule has 2 heterocycles. The molecular formula is C35H46S2Si. The normalized spacial score (nSPS) is 34.7. The van der Waals surface area contributed by atoms with Crippen LogP contribution in [0.25, 0.3) is 11.1 Å². The van der Waals surface area contributed by atoms with Gasteiger partial charge in [0.1, 0.15) is 0 Å². The summed E-state index contributed by atoms with van der Waals surface area (Å²) >= 11 is 4.50. The van der Waals surface area contributed by atoms with Gasteiger partial charge in [0, 0.05) is 10.5 Å². The fraction of sp³-hybridized carbons (Fsp3) is 0.543. The van der Waals surface area contributed by atoms with Crippen LogP contribution >= 0.6 is 23.5 Å². The summed E-state index contributed by atoms with van der Waals surface area (Å²) in [6, 6.07) is 18.3. The van der Waals surface area contributed by atoms with Crippen molar-refractivity contribution in [3.63, 3.8) is 0 Å². The molecule has 4 aliphatic rings. The number of rotatable bonds is 5. The molecule has 0 aromatic heterocycles. The van der Waals surface area contributed by atoms with Gasteiger partial charge in [-0.25, -0.2) is 0 Å². The van der Waals surface area contributed by atoms with E-state index in [2.05, 4.69) is 132 Å². The zero-order valence-corrected chi connectivity index (χ0v) is 27.3. The van der Waals surface area contributed by atoms with Gasteiger partial charge >= 0.3 is 0 Å². The van der Waals surface area contributed by atoms with E-state index >= 15 is 0 Å². The van der Waals surface area contributed by atoms with E-state index in [-0.39, 0.29) is 0 Å². The lowest BCUT2D eigenvalue weighted by atomic mass is 9.87. The number of benzene rings is 2. The zero-order valence-electron chi connectivity index (χ0n) is 24.6. The SMILES string of the molecule is CC1=C(c2ccccc2C)C2CC(C)C([Si](C)(C)C3C(C(C)C)CC4C(c5ccccc5C)=CSC43)C2S1. The molecule has 2 saturated carbocycles. The Balaban J connectivity index is 1.33. The Morgan fingerprint density at radius 2 is 1.42 bits per heavy atom. The smallest absolute Gasteiger partial charge is 0.0564 e. The molecule has 202 valence electrons. The Kier molecular flexibility index (Phi) is 7.14. The predicted octanol–water partition coefficient (Wildman–Crippen LogP) is 10.7. The maximum atomic E-state index is 2.83. The molecular weight excluding hydrogens is 513 g/mol. The van der Waals surface area contributed by atoms with Crippen molar-refractivity contribution >= 4 is 42.7 Å². The van der Waals surface area contributed by atoms with E-state index < -0.39 is 8.07 Å². The van der Waals surface area contributed by atoms with Crippen molar-refractivity contribution in [2.24, 2.45) is 29.6 Å². The lowest BCUT2D eigenvalue weighted by Crippen LogP contribution is -2.48. The van der Waals surface area contributed by atoms with Crippen LogP contribution in [0, 0.1) is 43.4 Å². The first-order valence-corrected chi connectivity index (χ1v) is 19.9. The molecule has 8 atom stereocenters. The third-order valence-electron chi connectivity index (χ3n) is 11.0. The van der Waals surface area contributed by atoms with Gasteiger partial charge < -0.3 is 0 Å². The summed E-state index contributed by atoms with van der Waals surface area (Å²) in [5.41, 5.74) is 11.1. The molecule has 38 heavy (non-hydrogen) atoms. The highest BCUT2D eigenvalue weighted by Gasteiger charge is 2.61. The quantitative estimate of drug-likeness (QED) is 0.335. The average Bonchev–Trinajstić information content (AvgIpc) is 3.58. The molecule has 0 bridgehead atoms. The molecule has 0 spiro atoms. The molecule has 2 fully saturated rings. The number of hydrogen-bond acceptors (Lipinski definition) is 2. The molecule has 0 saturated heterocycles. The molecule has 6 rings (SSSR count). The van der Waals surface area contributed by atoms with Gasteiger partial charge in [0.25, 0.3) is 0 Å². The topological polar surface area (TPSA) is 0 Å². The Bertz CT molecular complexity index is 1290. The number of fused-ring (bicyclic) bond motifs is 2. The van der Waals surface area contributed by atoms with Crippen LogP contribution in [0.4, 0.5) is 0 Å². The van der Waals surface area contributed by atoms with Crippen molar-refractivity contribution < 1.29 is 0 Å². The Morgan fingerprint density at radius 3 is 2.05 bits per heavy atom. The van der Waals surface area contributed by atoms with Crippen LogP contribution in [0.3, 0.4) is 0 Å². The van der Waals surface area contributed by atoms with Crippen LogP contribution in [0.15, 0.2) is 58.8 Å². The third-order valence-corrected chi connectivity index (χ3v) is 19.4. The second kappa shape index (κ2) is 10.0. The van der Waals surface area contributed by atoms with Gasteiger partial charge in [-0.15, -0.1) is 23.5 Å². The summed E-state index contributed by atoms with van der Waals surface area (Å²) < 4.78 is 0. The molecule has 0 radical (unpaired) electrons. The third kappa shape index (κ3) is 4.17. The molecule has 2 aliphatic carbocycles. The van der Waals surface area contributed by atoms with Crippen LogP contribution in [0.1, 0.15) is 62.8 Å². The van der Waals surface area contributed by atoms with Gasteiger partial charge in [0.05, 0.1) is 8.07 Å². The Hall–Kier alpha value is -1.16. The highest BCUT2D eigenvalue weighted by Crippen LogP contribution is 2.69. The lowest BCUT2D eigenvalue weighted by molar-refractivity contribution is 0.380. The molecule has 2 aliphatic heterocycles. The number of hydrogen-bond donors (Lipinski definition) is 0. The predicted molar refractivity (Wildman–Crippen MR) is 174 cm³/mol. The minimum absolute atomic E-state index is 0.733. The summed E-state index contributed by atoms with van der Waals surface area (Å²) in [5, 5.41) is 4.14. The van der Waals surface area contributed by atoms with E-state index in [1.165, 1.54) is 35.1 Å². The fourth-order valence-electron chi connectivity index (χ4n) is 9.48. The largest absolute Gasteiger partial charge is 0.130 e. The van der Waals surface area contributed by atoms with Crippen LogP contribution in [0.2, 0.25) is 24.2 Å². The van der Waals surface area contributed by atoms with Gasteiger partial charge in [-0.2, -0.15) is 0 Å². The van der Waals surface area contributed by atoms with Crippen molar-refractivity contribution in [2.45, 2.75) is 89.1 Å². The fourth-order valence-corrected chi connectivity index (χ4v) is 20.9. The average molecular weight is 559 g/mol. The summed E-state index contributed by atoms with van der Waals surface area (Å²) in [7, 11) is -1.62. The molecule has 2 aromatic rings. The van der Waals surface area contributed by atoms with Crippen molar-refractivity contribution in [1.29, 1.82) is 0 Å². The first-order chi connectivity index (χ1) is 18.1. The second-order valence-corrected chi connectivity index (χ2v) is 21.2. The summed E-state index contributed by atoms with van der Waals surface area (Å²) in [6.45, 7) is 20.4. The van der Waals surface area contributed by atoms with Crippen LogP contribution in [-0.4, -0.2) is 18.6 Å². The monoisotopic (exact) mass is 558 g/mol. The number of thioether (sulfide) groups is 2. The van der Waals surface area contributed by atoms with E-state index in [1.54, 1.807) is 16.1 Å². The molecule has 0 N–H and O–H groups in total. The summed E-state index contributed by atoms with van der Waals surface area (Å²) in [6.07, 6.45) is 2.78. The molecule has 0 amide bonds. The molecule has 3 heteroatoms. The minimum Gasteiger partial charge on any atom is -0.130 e. The molecule has 2 aromatic carbocycles. The number of aryl methyl sites for hydroxylation is 2. The van der Waals surface area contributed by atoms with E-state index in [0.29, 0.717) is 0 Å². The standard InChI is InChI=1S/C35H46S2Si/c1-20(2)27-18-28-30(25-15-11-9-13-21(25)3)19-36-32(28)35(27)38(7,8)34-23(5)17-29-31(24(6)37-33(29)34)26-16-12-10-14-22(26)4/h9-16,19-20,23,27-29,32-35H,17-18H2,1-8H3. The van der Waals surface area contributed by atoms with Gasteiger partial charge in [-0.05, 0) is 118 Å². The van der Waals surface area contributed by atoms with Crippen LogP contribution in [0.5, 0.6) is 0 Å². The summed E-state index contributed by atoms with van der Waals surface area (Å²) in [5.74, 6) is 3.92. The Morgan fingerprint density at radius 1 is 0.789 bits per heavy atom. The summed E-state index contributed by atoms with van der Waals surface area (Å²) in [4.78, 5) is 1.61. The van der Waals surface area contributed by atoms with Crippen molar-refractivity contribution in [2.75, 3.05) is 0 Å². The lowest BCUT2D eigenvalue weighted by Gasteiger charge is -2.46. The maximum Gasteiger partial charge on any atom is 0.0564 e. The second-order valence-electron chi connectivity index (χ2n) is 13.8. The first kappa shape index (κ1) is 27.0. The van der Waals surface area contributed by atoms with Crippen LogP contribution in [-0.2, 0) is 0 Å². The van der Waals surface area contributed by atoms with Gasteiger partial charge in [-0.1, -0.05) is 82.4 Å². The highest BCUT2D eigenvalue weighted by atomic mass is 32.2. The van der Waals surface area contributed by atoms with E-state index in [0.717, 1.165) is 51.2 Å². The van der Waals surface area contributed by atoms with Crippen molar-refractivity contribution in [3.8, 4) is 0 Å². The van der Waals surface area contributed by atoms with E-state index in [1.807, 2.05) is 0 Å². The molecule has 0 nitrogen and oxygen atoms in total. The van der Waals surface area contributed by atoms with Crippen molar-refractivity contribution in [1.82, 2.24) is 0 Å². The minimum atomic E-state index is -1.62. The first-order valence-electron chi connectivity index (χ1n) is 15.0. The van der Waals surface area contributed by atoms with Gasteiger partial charge in [-0.3, -0.25) is 0 Å². The van der Waals surface area contributed by atoms with Gasteiger partial charge in [0.15, 0.2) is 0 Å². The maximum absolute atomic E-state index is 2.83. The number of allylic oxidation sites excluding steroid dienone is 3. The van der Waals surface area contributed by atoms with Crippen molar-refractivity contribution in [3.05, 3.63) is 81.1 Å². The van der Waals surface area contributed by atoms with E-state index in [9.17, 15) is 0 Å².